The number of aromatic nitrogens is 2. The van der Waals surface area contributed by atoms with E-state index in [1.165, 1.54) is 24.8 Å². The first-order valence-corrected chi connectivity index (χ1v) is 12.0. The lowest BCUT2D eigenvalue weighted by Crippen LogP contribution is -2.26. The minimum atomic E-state index is -0.460. The summed E-state index contributed by atoms with van der Waals surface area (Å²) >= 11 is 1.46. The first kappa shape index (κ1) is 21.5. The van der Waals surface area contributed by atoms with Crippen molar-refractivity contribution in [3.8, 4) is 0 Å². The van der Waals surface area contributed by atoms with Crippen molar-refractivity contribution >= 4 is 45.2 Å². The highest BCUT2D eigenvalue weighted by Crippen LogP contribution is 2.34. The molecule has 1 N–H and O–H groups in total. The van der Waals surface area contributed by atoms with Crippen molar-refractivity contribution in [1.82, 2.24) is 9.55 Å². The maximum Gasteiger partial charge on any atom is 0.336 e. The number of para-hydroxylation sites is 1. The number of fused-ring (bicyclic) bond motifs is 2. The summed E-state index contributed by atoms with van der Waals surface area (Å²) in [4.78, 5) is 41.8. The van der Waals surface area contributed by atoms with Gasteiger partial charge in [0, 0.05) is 41.9 Å². The molecule has 33 heavy (non-hydrogen) atoms. The van der Waals surface area contributed by atoms with Crippen molar-refractivity contribution in [2.45, 2.75) is 49.6 Å². The molecule has 7 nitrogen and oxygen atoms in total. The molecule has 0 radical (unpaired) electrons. The van der Waals surface area contributed by atoms with Gasteiger partial charge in [0.2, 0.25) is 5.91 Å². The first-order valence-electron chi connectivity index (χ1n) is 11.0. The van der Waals surface area contributed by atoms with Crippen LogP contribution < -0.4 is 16.5 Å². The van der Waals surface area contributed by atoms with Gasteiger partial charge in [-0.1, -0.05) is 36.7 Å². The Morgan fingerprint density at radius 1 is 1.12 bits per heavy atom. The van der Waals surface area contributed by atoms with E-state index in [2.05, 4.69) is 5.32 Å². The molecule has 1 saturated carbocycles. The van der Waals surface area contributed by atoms with Crippen LogP contribution in [0.4, 0.5) is 5.69 Å². The molecule has 1 fully saturated rings. The lowest BCUT2D eigenvalue weighted by molar-refractivity contribution is -0.114. The molecular weight excluding hydrogens is 438 g/mol. The van der Waals surface area contributed by atoms with Gasteiger partial charge < -0.3 is 9.73 Å². The van der Waals surface area contributed by atoms with Crippen LogP contribution in [0.15, 0.2) is 67.7 Å². The van der Waals surface area contributed by atoms with Gasteiger partial charge in [0.05, 0.1) is 10.9 Å². The highest BCUT2D eigenvalue weighted by Gasteiger charge is 2.23. The third-order valence-corrected chi connectivity index (χ3v) is 6.97. The van der Waals surface area contributed by atoms with E-state index in [0.29, 0.717) is 33.1 Å². The number of rotatable bonds is 5. The van der Waals surface area contributed by atoms with Crippen molar-refractivity contribution in [3.63, 3.8) is 0 Å². The predicted molar refractivity (Wildman–Crippen MR) is 130 cm³/mol. The number of amides is 1. The average Bonchev–Trinajstić information content (AvgIpc) is 3.31. The van der Waals surface area contributed by atoms with E-state index in [1.54, 1.807) is 12.1 Å². The summed E-state index contributed by atoms with van der Waals surface area (Å²) in [5, 5.41) is 4.78. The van der Waals surface area contributed by atoms with Gasteiger partial charge in [-0.15, -0.1) is 0 Å². The van der Waals surface area contributed by atoms with Crippen LogP contribution in [-0.2, 0) is 10.5 Å². The van der Waals surface area contributed by atoms with Gasteiger partial charge in [-0.2, -0.15) is 0 Å². The number of nitrogens with zero attached hydrogens (tertiary/aromatic N) is 2. The monoisotopic (exact) mass is 461 g/mol. The van der Waals surface area contributed by atoms with E-state index < -0.39 is 5.63 Å². The molecule has 2 aromatic carbocycles. The minimum Gasteiger partial charge on any atom is -0.423 e. The third-order valence-electron chi connectivity index (χ3n) is 5.97. The van der Waals surface area contributed by atoms with E-state index in [9.17, 15) is 14.4 Å². The molecule has 1 aliphatic carbocycles. The largest absolute Gasteiger partial charge is 0.423 e. The second-order valence-corrected chi connectivity index (χ2v) is 9.24. The molecule has 1 amide bonds. The van der Waals surface area contributed by atoms with Gasteiger partial charge in [-0.05, 0) is 42.7 Å². The van der Waals surface area contributed by atoms with Crippen molar-refractivity contribution in [1.29, 1.82) is 0 Å². The summed E-state index contributed by atoms with van der Waals surface area (Å²) in [6, 6.07) is 14.3. The number of nitrogens with one attached hydrogen (secondary N) is 1. The Hall–Kier alpha value is -3.39. The van der Waals surface area contributed by atoms with Crippen molar-refractivity contribution in [3.05, 3.63) is 74.9 Å². The SMILES string of the molecule is CC(=O)Nc1ccc2c(CSc3nc4ccccc4c(=O)n3C3CCCC3)cc(=O)oc2c1. The van der Waals surface area contributed by atoms with Crippen LogP contribution in [0.5, 0.6) is 0 Å². The minimum absolute atomic E-state index is 0.00705. The smallest absolute Gasteiger partial charge is 0.336 e. The number of hydrogen-bond donors (Lipinski definition) is 1. The van der Waals surface area contributed by atoms with Crippen LogP contribution in [0.3, 0.4) is 0 Å². The van der Waals surface area contributed by atoms with Crippen LogP contribution in [0.2, 0.25) is 0 Å². The topological polar surface area (TPSA) is 94.2 Å². The predicted octanol–water partition coefficient (Wildman–Crippen LogP) is 4.87. The maximum absolute atomic E-state index is 13.3. The van der Waals surface area contributed by atoms with E-state index in [-0.39, 0.29) is 17.5 Å². The molecular formula is C25H23N3O4S. The zero-order valence-electron chi connectivity index (χ0n) is 18.2. The summed E-state index contributed by atoms with van der Waals surface area (Å²) in [5.74, 6) is 0.259. The lowest BCUT2D eigenvalue weighted by atomic mass is 10.1. The summed E-state index contributed by atoms with van der Waals surface area (Å²) in [6.07, 6.45) is 4.15. The third kappa shape index (κ3) is 4.30. The van der Waals surface area contributed by atoms with Gasteiger partial charge >= 0.3 is 5.63 Å². The molecule has 1 aliphatic rings. The molecule has 4 aromatic rings. The molecule has 168 valence electrons. The Labute approximate surface area is 193 Å². The fraction of sp³-hybridized carbons (Fsp3) is 0.280. The van der Waals surface area contributed by atoms with Crippen molar-refractivity contribution < 1.29 is 9.21 Å². The van der Waals surface area contributed by atoms with E-state index in [4.69, 9.17) is 9.40 Å². The second-order valence-electron chi connectivity index (χ2n) is 8.30. The molecule has 0 spiro atoms. The highest BCUT2D eigenvalue weighted by molar-refractivity contribution is 7.98. The summed E-state index contributed by atoms with van der Waals surface area (Å²) in [6.45, 7) is 1.42. The van der Waals surface area contributed by atoms with Crippen LogP contribution in [0.1, 0.15) is 44.2 Å². The molecule has 0 atom stereocenters. The average molecular weight is 462 g/mol. The summed E-state index contributed by atoms with van der Waals surface area (Å²) in [7, 11) is 0. The lowest BCUT2D eigenvalue weighted by Gasteiger charge is -2.18. The van der Waals surface area contributed by atoms with Crippen LogP contribution in [0.25, 0.3) is 21.9 Å². The zero-order chi connectivity index (χ0) is 22.9. The quantitative estimate of drug-likeness (QED) is 0.259. The molecule has 5 rings (SSSR count). The molecule has 2 aromatic heterocycles. The zero-order valence-corrected chi connectivity index (χ0v) is 19.0. The maximum atomic E-state index is 13.3. The van der Waals surface area contributed by atoms with Gasteiger partial charge in [-0.25, -0.2) is 9.78 Å². The van der Waals surface area contributed by atoms with Gasteiger partial charge in [0.15, 0.2) is 5.16 Å². The molecule has 0 bridgehead atoms. The molecule has 0 saturated heterocycles. The molecule has 0 aliphatic heterocycles. The van der Waals surface area contributed by atoms with E-state index in [0.717, 1.165) is 36.6 Å². The van der Waals surface area contributed by atoms with Crippen LogP contribution in [-0.4, -0.2) is 15.5 Å². The summed E-state index contributed by atoms with van der Waals surface area (Å²) < 4.78 is 7.22. The fourth-order valence-corrected chi connectivity index (χ4v) is 5.54. The van der Waals surface area contributed by atoms with Crippen LogP contribution >= 0.6 is 11.8 Å². The van der Waals surface area contributed by atoms with Crippen LogP contribution in [0, 0.1) is 0 Å². The number of anilines is 1. The van der Waals surface area contributed by atoms with E-state index in [1.807, 2.05) is 34.9 Å². The number of thioether (sulfide) groups is 1. The van der Waals surface area contributed by atoms with Gasteiger partial charge in [0.25, 0.3) is 5.56 Å². The Morgan fingerprint density at radius 2 is 1.91 bits per heavy atom. The fourth-order valence-electron chi connectivity index (χ4n) is 4.48. The molecule has 2 heterocycles. The first-order chi connectivity index (χ1) is 16.0. The second kappa shape index (κ2) is 8.86. The number of carbonyl (C=O) groups excluding carboxylic acids is 1. The van der Waals surface area contributed by atoms with Gasteiger partial charge in [-0.3, -0.25) is 14.2 Å². The van der Waals surface area contributed by atoms with Gasteiger partial charge in [0.1, 0.15) is 5.58 Å². The Bertz CT molecular complexity index is 1490. The Balaban J connectivity index is 1.54. The number of carbonyl (C=O) groups is 1. The molecule has 8 heteroatoms. The number of hydrogen-bond acceptors (Lipinski definition) is 6. The van der Waals surface area contributed by atoms with E-state index >= 15 is 0 Å². The summed E-state index contributed by atoms with van der Waals surface area (Å²) in [5.41, 5.74) is 1.97. The van der Waals surface area contributed by atoms with Crippen molar-refractivity contribution in [2.24, 2.45) is 0 Å². The molecule has 0 unspecified atom stereocenters. The van der Waals surface area contributed by atoms with Crippen molar-refractivity contribution in [2.75, 3.05) is 5.32 Å². The Morgan fingerprint density at radius 3 is 2.70 bits per heavy atom. The number of benzene rings is 2. The standard InChI is InChI=1S/C25H23N3O4S/c1-15(29)26-17-10-11-19-16(12-23(30)32-22(19)13-17)14-33-25-27-21-9-5-4-8-20(21)24(31)28(25)18-6-2-3-7-18/h4-5,8-13,18H,2-3,6-7,14H2,1H3,(H,26,29). The highest BCUT2D eigenvalue weighted by atomic mass is 32.2. The Kier molecular flexibility index (Phi) is 5.76. The normalized spacial score (nSPS) is 14.2.